The molecule has 0 spiro atoms. The highest BCUT2D eigenvalue weighted by Gasteiger charge is 2.41. The van der Waals surface area contributed by atoms with Gasteiger partial charge in [0.15, 0.2) is 0 Å². The number of rotatable bonds is 4. The van der Waals surface area contributed by atoms with Crippen LogP contribution in [0.1, 0.15) is 39.9 Å². The number of carbonyl (C=O) groups is 1. The molecule has 8 heteroatoms. The summed E-state index contributed by atoms with van der Waals surface area (Å²) >= 11 is 0. The number of alkyl halides is 3. The highest BCUT2D eigenvalue weighted by atomic mass is 19.4. The largest absolute Gasteiger partial charge is 0.416 e. The molecular weight excluding hydrogens is 421 g/mol. The molecule has 0 aromatic heterocycles. The SMILES string of the molecule is COC1(c2ccc(C(=O)N3CCC(C#N)(c4ccc(C(F)(F)F)cc4)CC3)cc2)COC1. The number of hydrogen-bond donors (Lipinski definition) is 0. The Balaban J connectivity index is 1.44. The monoisotopic (exact) mass is 444 g/mol. The van der Waals surface area contributed by atoms with E-state index in [0.717, 1.165) is 17.7 Å². The highest BCUT2D eigenvalue weighted by Crippen LogP contribution is 2.38. The van der Waals surface area contributed by atoms with Crippen molar-refractivity contribution in [3.05, 3.63) is 70.8 Å². The summed E-state index contributed by atoms with van der Waals surface area (Å²) in [5.41, 5.74) is -0.0572. The average molecular weight is 444 g/mol. The molecule has 2 aliphatic rings. The number of nitriles is 1. The van der Waals surface area contributed by atoms with Crippen LogP contribution in [0.15, 0.2) is 48.5 Å². The molecule has 4 rings (SSSR count). The Morgan fingerprint density at radius 2 is 1.59 bits per heavy atom. The highest BCUT2D eigenvalue weighted by molar-refractivity contribution is 5.94. The second-order valence-corrected chi connectivity index (χ2v) is 8.33. The molecule has 5 nitrogen and oxygen atoms in total. The first-order valence-corrected chi connectivity index (χ1v) is 10.3. The number of halogens is 3. The van der Waals surface area contributed by atoms with Crippen molar-refractivity contribution in [1.29, 1.82) is 5.26 Å². The van der Waals surface area contributed by atoms with Gasteiger partial charge in [-0.15, -0.1) is 0 Å². The molecule has 32 heavy (non-hydrogen) atoms. The minimum Gasteiger partial charge on any atom is -0.375 e. The molecule has 168 valence electrons. The molecule has 2 fully saturated rings. The van der Waals surface area contributed by atoms with Crippen molar-refractivity contribution in [2.75, 3.05) is 33.4 Å². The summed E-state index contributed by atoms with van der Waals surface area (Å²) in [7, 11) is 1.63. The predicted molar refractivity (Wildman–Crippen MR) is 110 cm³/mol. The summed E-state index contributed by atoms with van der Waals surface area (Å²) in [6, 6.07) is 14.3. The summed E-state index contributed by atoms with van der Waals surface area (Å²) in [5.74, 6) is -0.133. The van der Waals surface area contributed by atoms with E-state index in [1.165, 1.54) is 12.1 Å². The first-order chi connectivity index (χ1) is 15.2. The number of amides is 1. The van der Waals surface area contributed by atoms with Crippen LogP contribution in [-0.2, 0) is 26.7 Å². The first kappa shape index (κ1) is 22.3. The fourth-order valence-corrected chi connectivity index (χ4v) is 4.32. The van der Waals surface area contributed by atoms with Crippen LogP contribution < -0.4 is 0 Å². The van der Waals surface area contributed by atoms with Gasteiger partial charge in [0.1, 0.15) is 5.60 Å². The molecule has 0 atom stereocenters. The van der Waals surface area contributed by atoms with E-state index in [0.29, 0.717) is 50.3 Å². The number of piperidine rings is 1. The lowest BCUT2D eigenvalue weighted by Crippen LogP contribution is -2.48. The van der Waals surface area contributed by atoms with Gasteiger partial charge in [-0.2, -0.15) is 18.4 Å². The molecule has 1 amide bonds. The molecule has 2 aliphatic heterocycles. The zero-order valence-corrected chi connectivity index (χ0v) is 17.6. The van der Waals surface area contributed by atoms with Gasteiger partial charge in [-0.3, -0.25) is 4.79 Å². The lowest BCUT2D eigenvalue weighted by molar-refractivity contribution is -0.202. The zero-order chi connectivity index (χ0) is 23.0. The lowest BCUT2D eigenvalue weighted by atomic mass is 9.74. The van der Waals surface area contributed by atoms with Crippen LogP contribution in [0.25, 0.3) is 0 Å². The number of likely N-dealkylation sites (tertiary alicyclic amines) is 1. The van der Waals surface area contributed by atoms with E-state index in [1.54, 1.807) is 24.1 Å². The molecule has 0 radical (unpaired) electrons. The van der Waals surface area contributed by atoms with Gasteiger partial charge in [0.25, 0.3) is 5.91 Å². The van der Waals surface area contributed by atoms with Gasteiger partial charge in [-0.25, -0.2) is 0 Å². The van der Waals surface area contributed by atoms with Crippen LogP contribution in [0, 0.1) is 11.3 Å². The van der Waals surface area contributed by atoms with Crippen molar-refractivity contribution >= 4 is 5.91 Å². The Kier molecular flexibility index (Phi) is 5.74. The molecule has 2 aromatic rings. The summed E-state index contributed by atoms with van der Waals surface area (Å²) in [4.78, 5) is 14.7. The predicted octanol–water partition coefficient (Wildman–Crippen LogP) is 4.27. The third-order valence-corrected chi connectivity index (χ3v) is 6.60. The molecule has 2 saturated heterocycles. The summed E-state index contributed by atoms with van der Waals surface area (Å²) in [6.07, 6.45) is -3.69. The van der Waals surface area contributed by atoms with Crippen molar-refractivity contribution in [3.8, 4) is 6.07 Å². The van der Waals surface area contributed by atoms with Gasteiger partial charge >= 0.3 is 6.18 Å². The third kappa shape index (κ3) is 3.87. The number of benzene rings is 2. The maximum absolute atomic E-state index is 13.0. The summed E-state index contributed by atoms with van der Waals surface area (Å²) < 4.78 is 49.4. The van der Waals surface area contributed by atoms with Crippen molar-refractivity contribution < 1.29 is 27.4 Å². The average Bonchev–Trinajstić information content (AvgIpc) is 2.78. The van der Waals surface area contributed by atoms with Gasteiger partial charge in [0.05, 0.1) is 30.3 Å². The Morgan fingerprint density at radius 3 is 2.03 bits per heavy atom. The van der Waals surface area contributed by atoms with Gasteiger partial charge in [0, 0.05) is 25.8 Å². The van der Waals surface area contributed by atoms with Crippen molar-refractivity contribution in [3.63, 3.8) is 0 Å². The van der Waals surface area contributed by atoms with Gasteiger partial charge in [-0.1, -0.05) is 24.3 Å². The van der Waals surface area contributed by atoms with Crippen molar-refractivity contribution in [2.24, 2.45) is 0 Å². The van der Waals surface area contributed by atoms with E-state index in [4.69, 9.17) is 9.47 Å². The molecular formula is C24H23F3N2O3. The minimum atomic E-state index is -4.42. The third-order valence-electron chi connectivity index (χ3n) is 6.60. The molecule has 0 aliphatic carbocycles. The molecule has 0 saturated carbocycles. The number of methoxy groups -OCH3 is 1. The van der Waals surface area contributed by atoms with E-state index in [1.807, 2.05) is 12.1 Å². The number of ether oxygens (including phenoxy) is 2. The van der Waals surface area contributed by atoms with Crippen LogP contribution in [0.2, 0.25) is 0 Å². The summed E-state index contributed by atoms with van der Waals surface area (Å²) in [5, 5.41) is 9.83. The van der Waals surface area contributed by atoms with Gasteiger partial charge in [-0.05, 0) is 48.2 Å². The lowest BCUT2D eigenvalue weighted by Gasteiger charge is -2.40. The second-order valence-electron chi connectivity index (χ2n) is 8.33. The van der Waals surface area contributed by atoms with Crippen molar-refractivity contribution in [2.45, 2.75) is 30.0 Å². The van der Waals surface area contributed by atoms with Gasteiger partial charge < -0.3 is 14.4 Å². The minimum absolute atomic E-state index is 0.133. The number of nitrogens with zero attached hydrogens (tertiary/aromatic N) is 2. The van der Waals surface area contributed by atoms with E-state index in [2.05, 4.69) is 6.07 Å². The van der Waals surface area contributed by atoms with E-state index in [-0.39, 0.29) is 5.91 Å². The Bertz CT molecular complexity index is 1010. The maximum Gasteiger partial charge on any atom is 0.416 e. The van der Waals surface area contributed by atoms with Crippen LogP contribution in [0.5, 0.6) is 0 Å². The van der Waals surface area contributed by atoms with E-state index < -0.39 is 22.8 Å². The standard InChI is InChI=1S/C24H23F3N2O3/c1-31-23(15-32-16-23)19-4-2-17(3-5-19)21(30)29-12-10-22(14-28,11-13-29)18-6-8-20(9-7-18)24(25,26)27/h2-9H,10-13,15-16H2,1H3. The van der Waals surface area contributed by atoms with E-state index in [9.17, 15) is 23.2 Å². The Morgan fingerprint density at radius 1 is 1.03 bits per heavy atom. The molecule has 0 N–H and O–H groups in total. The van der Waals surface area contributed by atoms with Gasteiger partial charge in [0.2, 0.25) is 0 Å². The molecule has 2 aromatic carbocycles. The van der Waals surface area contributed by atoms with E-state index >= 15 is 0 Å². The normalized spacial score (nSPS) is 19.7. The van der Waals surface area contributed by atoms with Crippen LogP contribution in [-0.4, -0.2) is 44.2 Å². The quantitative estimate of drug-likeness (QED) is 0.707. The Hall–Kier alpha value is -2.89. The van der Waals surface area contributed by atoms with Crippen molar-refractivity contribution in [1.82, 2.24) is 4.90 Å². The molecule has 0 bridgehead atoms. The molecule has 2 heterocycles. The van der Waals surface area contributed by atoms with Crippen LogP contribution >= 0.6 is 0 Å². The number of hydrogen-bond acceptors (Lipinski definition) is 4. The summed E-state index contributed by atoms with van der Waals surface area (Å²) in [6.45, 7) is 1.66. The zero-order valence-electron chi connectivity index (χ0n) is 17.6. The van der Waals surface area contributed by atoms with Crippen LogP contribution in [0.4, 0.5) is 13.2 Å². The smallest absolute Gasteiger partial charge is 0.375 e. The fourth-order valence-electron chi connectivity index (χ4n) is 4.32. The number of carbonyl (C=O) groups excluding carboxylic acids is 1. The fraction of sp³-hybridized carbons (Fsp3) is 0.417. The maximum atomic E-state index is 13.0. The second kappa shape index (κ2) is 8.23. The first-order valence-electron chi connectivity index (χ1n) is 10.3. The Labute approximate surface area is 184 Å². The van der Waals surface area contributed by atoms with Crippen LogP contribution in [0.3, 0.4) is 0 Å². The molecule has 0 unspecified atom stereocenters. The topological polar surface area (TPSA) is 62.6 Å².